The summed E-state index contributed by atoms with van der Waals surface area (Å²) in [7, 11) is 0. The van der Waals surface area contributed by atoms with Gasteiger partial charge in [0.05, 0.1) is 17.9 Å². The molecular weight excluding hydrogens is 250 g/mol. The Morgan fingerprint density at radius 1 is 1.35 bits per heavy atom. The van der Waals surface area contributed by atoms with Crippen molar-refractivity contribution < 1.29 is 4.74 Å². The number of H-pyrrole nitrogens is 1. The normalized spacial score (nSPS) is 23.6. The molecule has 1 aliphatic carbocycles. The molecule has 2 fully saturated rings. The summed E-state index contributed by atoms with van der Waals surface area (Å²) in [6.45, 7) is 10.6. The standard InChI is InChI=1S/C16H27N3O/c1-15(2,3)14-10-13(17-18-14)11-19-8-9-20-16(12-19)6-4-5-7-16/h10H,4-9,11-12H2,1-3H3,(H,17,18). The van der Waals surface area contributed by atoms with Crippen LogP contribution >= 0.6 is 0 Å². The highest BCUT2D eigenvalue weighted by molar-refractivity contribution is 5.16. The summed E-state index contributed by atoms with van der Waals surface area (Å²) in [5, 5.41) is 7.67. The van der Waals surface area contributed by atoms with Crippen LogP contribution in [0.15, 0.2) is 6.07 Å². The fourth-order valence-corrected chi connectivity index (χ4v) is 3.45. The van der Waals surface area contributed by atoms with Gasteiger partial charge in [-0.3, -0.25) is 10.00 Å². The first-order chi connectivity index (χ1) is 9.47. The molecule has 2 heterocycles. The minimum Gasteiger partial charge on any atom is -0.372 e. The third kappa shape index (κ3) is 2.91. The molecule has 1 aliphatic heterocycles. The second-order valence-electron chi connectivity index (χ2n) is 7.48. The Hall–Kier alpha value is -0.870. The van der Waals surface area contributed by atoms with E-state index in [1.54, 1.807) is 0 Å². The van der Waals surface area contributed by atoms with Gasteiger partial charge in [0.1, 0.15) is 0 Å². The van der Waals surface area contributed by atoms with Crippen molar-refractivity contribution in [1.29, 1.82) is 0 Å². The molecule has 1 aromatic heterocycles. The van der Waals surface area contributed by atoms with Gasteiger partial charge >= 0.3 is 0 Å². The average molecular weight is 277 g/mol. The van der Waals surface area contributed by atoms with E-state index in [1.165, 1.54) is 31.4 Å². The third-order valence-electron chi connectivity index (χ3n) is 4.64. The van der Waals surface area contributed by atoms with Crippen molar-refractivity contribution in [2.75, 3.05) is 19.7 Å². The maximum atomic E-state index is 6.09. The lowest BCUT2D eigenvalue weighted by atomic mass is 9.92. The summed E-state index contributed by atoms with van der Waals surface area (Å²) < 4.78 is 6.09. The number of nitrogens with one attached hydrogen (secondary N) is 1. The molecule has 112 valence electrons. The molecule has 4 heteroatoms. The zero-order valence-corrected chi connectivity index (χ0v) is 13.0. The molecule has 0 amide bonds. The molecule has 1 spiro atoms. The summed E-state index contributed by atoms with van der Waals surface area (Å²) in [5.41, 5.74) is 2.65. The summed E-state index contributed by atoms with van der Waals surface area (Å²) in [6.07, 6.45) is 5.12. The van der Waals surface area contributed by atoms with Crippen molar-refractivity contribution in [2.24, 2.45) is 0 Å². The lowest BCUT2D eigenvalue weighted by Crippen LogP contribution is -2.49. The summed E-state index contributed by atoms with van der Waals surface area (Å²) >= 11 is 0. The van der Waals surface area contributed by atoms with Crippen molar-refractivity contribution in [3.05, 3.63) is 17.5 Å². The van der Waals surface area contributed by atoms with Crippen LogP contribution in [0.2, 0.25) is 0 Å². The van der Waals surface area contributed by atoms with E-state index in [0.29, 0.717) is 0 Å². The Morgan fingerprint density at radius 3 is 2.75 bits per heavy atom. The zero-order chi connectivity index (χ0) is 14.2. The van der Waals surface area contributed by atoms with Crippen LogP contribution in [0.3, 0.4) is 0 Å². The summed E-state index contributed by atoms with van der Waals surface area (Å²) in [4.78, 5) is 2.52. The number of aromatic amines is 1. The SMILES string of the molecule is CC(C)(C)c1cc(CN2CCOC3(CCCC3)C2)[nH]n1. The lowest BCUT2D eigenvalue weighted by molar-refractivity contribution is -0.107. The number of hydrogen-bond donors (Lipinski definition) is 1. The Bertz CT molecular complexity index is 455. The molecule has 0 bridgehead atoms. The van der Waals surface area contributed by atoms with Gasteiger partial charge in [0.25, 0.3) is 0 Å². The van der Waals surface area contributed by atoms with Gasteiger partial charge in [0, 0.05) is 30.7 Å². The highest BCUT2D eigenvalue weighted by atomic mass is 16.5. The van der Waals surface area contributed by atoms with Gasteiger partial charge in [0.15, 0.2) is 0 Å². The third-order valence-corrected chi connectivity index (χ3v) is 4.64. The van der Waals surface area contributed by atoms with E-state index in [9.17, 15) is 0 Å². The number of morpholine rings is 1. The number of rotatable bonds is 2. The van der Waals surface area contributed by atoms with Crippen LogP contribution in [0.1, 0.15) is 57.8 Å². The average Bonchev–Trinajstić information content (AvgIpc) is 2.99. The van der Waals surface area contributed by atoms with Crippen LogP contribution in [0, 0.1) is 0 Å². The molecule has 1 saturated heterocycles. The van der Waals surface area contributed by atoms with Crippen LogP contribution < -0.4 is 0 Å². The molecule has 4 nitrogen and oxygen atoms in total. The number of aromatic nitrogens is 2. The van der Waals surface area contributed by atoms with E-state index in [1.807, 2.05) is 0 Å². The Balaban J connectivity index is 1.64. The molecule has 1 aromatic rings. The predicted octanol–water partition coefficient (Wildman–Crippen LogP) is 2.85. The van der Waals surface area contributed by atoms with Crippen molar-refractivity contribution >= 4 is 0 Å². The Kier molecular flexibility index (Phi) is 3.63. The first-order valence-electron chi connectivity index (χ1n) is 7.88. The van der Waals surface area contributed by atoms with Gasteiger partial charge in [-0.15, -0.1) is 0 Å². The Morgan fingerprint density at radius 2 is 2.10 bits per heavy atom. The molecule has 1 saturated carbocycles. The van der Waals surface area contributed by atoms with Gasteiger partial charge in [-0.05, 0) is 18.9 Å². The summed E-state index contributed by atoms with van der Waals surface area (Å²) in [6, 6.07) is 2.22. The predicted molar refractivity (Wildman–Crippen MR) is 79.7 cm³/mol. The fraction of sp³-hybridized carbons (Fsp3) is 0.812. The van der Waals surface area contributed by atoms with Gasteiger partial charge < -0.3 is 4.74 Å². The van der Waals surface area contributed by atoms with E-state index in [-0.39, 0.29) is 11.0 Å². The van der Waals surface area contributed by atoms with Crippen LogP contribution in [0.4, 0.5) is 0 Å². The minimum atomic E-state index is 0.117. The highest BCUT2D eigenvalue weighted by Crippen LogP contribution is 2.36. The first kappa shape index (κ1) is 14.1. The van der Waals surface area contributed by atoms with E-state index in [4.69, 9.17) is 4.74 Å². The largest absolute Gasteiger partial charge is 0.372 e. The Labute approximate surface area is 121 Å². The molecule has 0 aromatic carbocycles. The van der Waals surface area contributed by atoms with E-state index >= 15 is 0 Å². The lowest BCUT2D eigenvalue weighted by Gasteiger charge is -2.40. The quantitative estimate of drug-likeness (QED) is 0.903. The van der Waals surface area contributed by atoms with E-state index in [2.05, 4.69) is 41.9 Å². The second kappa shape index (κ2) is 5.15. The molecule has 2 aliphatic rings. The van der Waals surface area contributed by atoms with Crippen LogP contribution in [0.25, 0.3) is 0 Å². The molecule has 1 N–H and O–H groups in total. The van der Waals surface area contributed by atoms with Crippen molar-refractivity contribution in [3.63, 3.8) is 0 Å². The topological polar surface area (TPSA) is 41.1 Å². The molecule has 0 unspecified atom stereocenters. The van der Waals surface area contributed by atoms with Crippen LogP contribution in [-0.2, 0) is 16.7 Å². The van der Waals surface area contributed by atoms with Gasteiger partial charge in [-0.2, -0.15) is 5.10 Å². The van der Waals surface area contributed by atoms with Crippen molar-refractivity contribution in [2.45, 2.75) is 64.0 Å². The minimum absolute atomic E-state index is 0.117. The van der Waals surface area contributed by atoms with Crippen LogP contribution in [0.5, 0.6) is 0 Å². The first-order valence-corrected chi connectivity index (χ1v) is 7.88. The zero-order valence-electron chi connectivity index (χ0n) is 13.0. The maximum Gasteiger partial charge on any atom is 0.0809 e. The number of nitrogens with zero attached hydrogens (tertiary/aromatic N) is 2. The summed E-state index contributed by atoms with van der Waals surface area (Å²) in [5.74, 6) is 0. The van der Waals surface area contributed by atoms with E-state index < -0.39 is 0 Å². The van der Waals surface area contributed by atoms with Gasteiger partial charge in [0.2, 0.25) is 0 Å². The number of hydrogen-bond acceptors (Lipinski definition) is 3. The van der Waals surface area contributed by atoms with Crippen LogP contribution in [-0.4, -0.2) is 40.4 Å². The second-order valence-corrected chi connectivity index (χ2v) is 7.48. The van der Waals surface area contributed by atoms with Crippen molar-refractivity contribution in [1.82, 2.24) is 15.1 Å². The maximum absolute atomic E-state index is 6.09. The molecule has 3 rings (SSSR count). The van der Waals surface area contributed by atoms with Crippen molar-refractivity contribution in [3.8, 4) is 0 Å². The fourth-order valence-electron chi connectivity index (χ4n) is 3.45. The molecule has 20 heavy (non-hydrogen) atoms. The molecule has 0 radical (unpaired) electrons. The monoisotopic (exact) mass is 277 g/mol. The molecular formula is C16H27N3O. The van der Waals surface area contributed by atoms with Gasteiger partial charge in [-0.25, -0.2) is 0 Å². The number of ether oxygens (including phenoxy) is 1. The van der Waals surface area contributed by atoms with Gasteiger partial charge in [-0.1, -0.05) is 33.6 Å². The highest BCUT2D eigenvalue weighted by Gasteiger charge is 2.39. The smallest absolute Gasteiger partial charge is 0.0809 e. The van der Waals surface area contributed by atoms with E-state index in [0.717, 1.165) is 31.9 Å². The molecule has 0 atom stereocenters.